The van der Waals surface area contributed by atoms with Crippen molar-refractivity contribution in [2.24, 2.45) is 0 Å². The highest BCUT2D eigenvalue weighted by Gasteiger charge is 2.22. The minimum atomic E-state index is -3.56. The second kappa shape index (κ2) is 6.10. The van der Waals surface area contributed by atoms with Gasteiger partial charge in [-0.05, 0) is 31.2 Å². The SMILES string of the molecule is C[C@@H](NS(=O)(=O)N(C)C)c1noc(-c2ccc(Cl)cc2)n1. The zero-order chi connectivity index (χ0) is 15.6. The highest BCUT2D eigenvalue weighted by atomic mass is 35.5. The fourth-order valence-corrected chi connectivity index (χ4v) is 2.39. The van der Waals surface area contributed by atoms with E-state index in [2.05, 4.69) is 14.9 Å². The van der Waals surface area contributed by atoms with Crippen molar-refractivity contribution in [3.05, 3.63) is 35.1 Å². The van der Waals surface area contributed by atoms with Gasteiger partial charge >= 0.3 is 0 Å². The first-order valence-corrected chi connectivity index (χ1v) is 7.91. The molecular formula is C12H15ClN4O3S. The Bertz CT molecular complexity index is 712. The normalized spacial score (nSPS) is 13.6. The van der Waals surface area contributed by atoms with Crippen molar-refractivity contribution in [1.29, 1.82) is 0 Å². The van der Waals surface area contributed by atoms with Crippen LogP contribution in [0.25, 0.3) is 11.5 Å². The third-order valence-electron chi connectivity index (χ3n) is 2.73. The second-order valence-electron chi connectivity index (χ2n) is 4.59. The van der Waals surface area contributed by atoms with Crippen molar-refractivity contribution < 1.29 is 12.9 Å². The van der Waals surface area contributed by atoms with Gasteiger partial charge in [-0.1, -0.05) is 16.8 Å². The molecule has 2 rings (SSSR count). The molecule has 0 spiro atoms. The topological polar surface area (TPSA) is 88.3 Å². The van der Waals surface area contributed by atoms with Crippen LogP contribution in [0.15, 0.2) is 28.8 Å². The molecule has 0 unspecified atom stereocenters. The smallest absolute Gasteiger partial charge is 0.279 e. The van der Waals surface area contributed by atoms with Crippen LogP contribution in [0.4, 0.5) is 0 Å². The van der Waals surface area contributed by atoms with Crippen LogP contribution < -0.4 is 4.72 Å². The molecule has 0 aliphatic carbocycles. The Hall–Kier alpha value is -1.48. The average molecular weight is 331 g/mol. The lowest BCUT2D eigenvalue weighted by atomic mass is 10.2. The first kappa shape index (κ1) is 15.9. The number of nitrogens with zero attached hydrogens (tertiary/aromatic N) is 3. The molecule has 114 valence electrons. The molecule has 0 aliphatic rings. The van der Waals surface area contributed by atoms with Crippen LogP contribution in [0.2, 0.25) is 5.02 Å². The molecule has 9 heteroatoms. The van der Waals surface area contributed by atoms with Crippen LogP contribution in [-0.2, 0) is 10.2 Å². The molecular weight excluding hydrogens is 316 g/mol. The van der Waals surface area contributed by atoms with Crippen molar-refractivity contribution in [1.82, 2.24) is 19.2 Å². The zero-order valence-electron chi connectivity index (χ0n) is 11.7. The Morgan fingerprint density at radius 1 is 1.29 bits per heavy atom. The Balaban J connectivity index is 2.18. The minimum absolute atomic E-state index is 0.255. The molecule has 0 saturated carbocycles. The van der Waals surface area contributed by atoms with E-state index in [-0.39, 0.29) is 5.82 Å². The van der Waals surface area contributed by atoms with Crippen LogP contribution >= 0.6 is 11.6 Å². The van der Waals surface area contributed by atoms with E-state index in [9.17, 15) is 8.42 Å². The molecule has 2 aromatic rings. The quantitative estimate of drug-likeness (QED) is 0.903. The lowest BCUT2D eigenvalue weighted by molar-refractivity contribution is 0.413. The van der Waals surface area contributed by atoms with Gasteiger partial charge in [0.15, 0.2) is 5.82 Å². The summed E-state index contributed by atoms with van der Waals surface area (Å²) in [5.74, 6) is 0.558. The predicted octanol–water partition coefficient (Wildman–Crippen LogP) is 1.85. The van der Waals surface area contributed by atoms with Gasteiger partial charge in [-0.25, -0.2) is 0 Å². The molecule has 1 N–H and O–H groups in total. The molecule has 0 bridgehead atoms. The summed E-state index contributed by atoms with van der Waals surface area (Å²) in [6, 6.07) is 6.29. The molecule has 1 aromatic heterocycles. The van der Waals surface area contributed by atoms with Gasteiger partial charge in [0.2, 0.25) is 0 Å². The van der Waals surface area contributed by atoms with Crippen molar-refractivity contribution >= 4 is 21.8 Å². The maximum absolute atomic E-state index is 11.7. The predicted molar refractivity (Wildman–Crippen MR) is 78.9 cm³/mol. The molecule has 0 aliphatic heterocycles. The van der Waals surface area contributed by atoms with E-state index in [0.29, 0.717) is 16.5 Å². The van der Waals surface area contributed by atoms with Crippen LogP contribution in [0.5, 0.6) is 0 Å². The van der Waals surface area contributed by atoms with Crippen molar-refractivity contribution in [2.45, 2.75) is 13.0 Å². The van der Waals surface area contributed by atoms with E-state index >= 15 is 0 Å². The van der Waals surface area contributed by atoms with E-state index < -0.39 is 16.3 Å². The van der Waals surface area contributed by atoms with E-state index in [4.69, 9.17) is 16.1 Å². The fraction of sp³-hybridized carbons (Fsp3) is 0.333. The third kappa shape index (κ3) is 3.79. The summed E-state index contributed by atoms with van der Waals surface area (Å²) >= 11 is 5.81. The number of nitrogens with one attached hydrogen (secondary N) is 1. The summed E-state index contributed by atoms with van der Waals surface area (Å²) in [5, 5.41) is 4.40. The van der Waals surface area contributed by atoms with Gasteiger partial charge in [-0.2, -0.15) is 22.4 Å². The lowest BCUT2D eigenvalue weighted by Gasteiger charge is -2.15. The molecule has 1 aromatic carbocycles. The van der Waals surface area contributed by atoms with E-state index in [1.807, 2.05) is 0 Å². The summed E-state index contributed by atoms with van der Waals surface area (Å²) in [6.45, 7) is 1.64. The maximum Gasteiger partial charge on any atom is 0.279 e. The first-order chi connectivity index (χ1) is 9.79. The molecule has 0 amide bonds. The highest BCUT2D eigenvalue weighted by Crippen LogP contribution is 2.21. The van der Waals surface area contributed by atoms with Gasteiger partial charge in [0, 0.05) is 24.7 Å². The molecule has 21 heavy (non-hydrogen) atoms. The molecule has 0 fully saturated rings. The van der Waals surface area contributed by atoms with Crippen LogP contribution in [-0.4, -0.2) is 37.0 Å². The summed E-state index contributed by atoms with van der Waals surface area (Å²) in [6.07, 6.45) is 0. The molecule has 1 atom stereocenters. The fourth-order valence-electron chi connectivity index (χ4n) is 1.50. The minimum Gasteiger partial charge on any atom is -0.334 e. The third-order valence-corrected chi connectivity index (χ3v) is 4.59. The van der Waals surface area contributed by atoms with E-state index in [1.165, 1.54) is 14.1 Å². The molecule has 1 heterocycles. The van der Waals surface area contributed by atoms with Crippen LogP contribution in [0, 0.1) is 0 Å². The summed E-state index contributed by atoms with van der Waals surface area (Å²) in [4.78, 5) is 4.19. The van der Waals surface area contributed by atoms with Crippen LogP contribution in [0.1, 0.15) is 18.8 Å². The number of rotatable bonds is 5. The second-order valence-corrected chi connectivity index (χ2v) is 6.94. The lowest BCUT2D eigenvalue weighted by Crippen LogP contribution is -2.37. The Labute approximate surface area is 128 Å². The Morgan fingerprint density at radius 3 is 2.48 bits per heavy atom. The molecule has 0 radical (unpaired) electrons. The van der Waals surface area contributed by atoms with Crippen molar-refractivity contribution in [2.75, 3.05) is 14.1 Å². The number of hydrogen-bond donors (Lipinski definition) is 1. The first-order valence-electron chi connectivity index (χ1n) is 6.09. The van der Waals surface area contributed by atoms with E-state index in [1.54, 1.807) is 31.2 Å². The standard InChI is InChI=1S/C12H15ClN4O3S/c1-8(16-21(18,19)17(2)3)11-14-12(20-15-11)9-4-6-10(13)7-5-9/h4-8,16H,1-3H3/t8-/m1/s1. The Morgan fingerprint density at radius 2 is 1.90 bits per heavy atom. The average Bonchev–Trinajstić information content (AvgIpc) is 2.88. The zero-order valence-corrected chi connectivity index (χ0v) is 13.3. The summed E-state index contributed by atoms with van der Waals surface area (Å²) in [7, 11) is -0.692. The highest BCUT2D eigenvalue weighted by molar-refractivity contribution is 7.87. The summed E-state index contributed by atoms with van der Waals surface area (Å²) < 4.78 is 32.1. The monoisotopic (exact) mass is 330 g/mol. The summed E-state index contributed by atoms with van der Waals surface area (Å²) in [5.41, 5.74) is 0.709. The number of halogens is 1. The van der Waals surface area contributed by atoms with Gasteiger partial charge in [0.25, 0.3) is 16.1 Å². The van der Waals surface area contributed by atoms with Crippen molar-refractivity contribution in [3.63, 3.8) is 0 Å². The van der Waals surface area contributed by atoms with Gasteiger partial charge in [0.05, 0.1) is 6.04 Å². The van der Waals surface area contributed by atoms with Gasteiger partial charge < -0.3 is 4.52 Å². The van der Waals surface area contributed by atoms with Gasteiger partial charge in [-0.3, -0.25) is 0 Å². The maximum atomic E-state index is 11.7. The number of hydrogen-bond acceptors (Lipinski definition) is 5. The molecule has 7 nitrogen and oxygen atoms in total. The van der Waals surface area contributed by atoms with Gasteiger partial charge in [0.1, 0.15) is 0 Å². The number of benzene rings is 1. The number of aromatic nitrogens is 2. The van der Waals surface area contributed by atoms with Crippen LogP contribution in [0.3, 0.4) is 0 Å². The van der Waals surface area contributed by atoms with Crippen molar-refractivity contribution in [3.8, 4) is 11.5 Å². The molecule has 0 saturated heterocycles. The largest absolute Gasteiger partial charge is 0.334 e. The van der Waals surface area contributed by atoms with E-state index in [0.717, 1.165) is 4.31 Å². The Kier molecular flexibility index (Phi) is 4.62. The van der Waals surface area contributed by atoms with Gasteiger partial charge in [-0.15, -0.1) is 0 Å².